The lowest BCUT2D eigenvalue weighted by atomic mass is 9.94. The van der Waals surface area contributed by atoms with Crippen molar-refractivity contribution >= 4 is 5.91 Å². The Kier molecular flexibility index (Phi) is 7.60. The third kappa shape index (κ3) is 5.83. The number of piperidine rings is 1. The van der Waals surface area contributed by atoms with Crippen LogP contribution in [-0.4, -0.2) is 59.9 Å². The van der Waals surface area contributed by atoms with Crippen molar-refractivity contribution < 1.29 is 4.79 Å². The van der Waals surface area contributed by atoms with Gasteiger partial charge in [0, 0.05) is 38.6 Å². The summed E-state index contributed by atoms with van der Waals surface area (Å²) in [6.07, 6.45) is 1.95. The molecule has 4 heteroatoms. The van der Waals surface area contributed by atoms with E-state index in [1.807, 2.05) is 0 Å². The molecule has 3 aromatic rings. The molecule has 4 nitrogen and oxygen atoms in total. The van der Waals surface area contributed by atoms with Gasteiger partial charge in [-0.25, -0.2) is 0 Å². The maximum atomic E-state index is 13.4. The van der Waals surface area contributed by atoms with E-state index in [0.717, 1.165) is 58.7 Å². The number of rotatable bonds is 6. The van der Waals surface area contributed by atoms with Crippen molar-refractivity contribution in [2.75, 3.05) is 39.3 Å². The molecule has 2 aliphatic heterocycles. The molecule has 0 radical (unpaired) electrons. The fourth-order valence-electron chi connectivity index (χ4n) is 5.63. The van der Waals surface area contributed by atoms with Crippen LogP contribution in [0, 0.1) is 12.8 Å². The van der Waals surface area contributed by atoms with Crippen molar-refractivity contribution in [1.29, 1.82) is 0 Å². The van der Waals surface area contributed by atoms with Crippen molar-refractivity contribution in [3.8, 4) is 0 Å². The van der Waals surface area contributed by atoms with E-state index in [9.17, 15) is 4.79 Å². The van der Waals surface area contributed by atoms with E-state index in [4.69, 9.17) is 0 Å². The number of piperazine rings is 1. The summed E-state index contributed by atoms with van der Waals surface area (Å²) in [4.78, 5) is 20.5. The van der Waals surface area contributed by atoms with Crippen LogP contribution in [0.3, 0.4) is 0 Å². The van der Waals surface area contributed by atoms with E-state index in [-0.39, 0.29) is 12.0 Å². The number of aryl methyl sites for hydroxylation is 1. The Bertz CT molecular complexity index is 1030. The molecule has 1 amide bonds. The van der Waals surface area contributed by atoms with E-state index in [1.54, 1.807) is 0 Å². The minimum atomic E-state index is 0.176. The van der Waals surface area contributed by atoms with Gasteiger partial charge in [0.1, 0.15) is 0 Å². The zero-order valence-electron chi connectivity index (χ0n) is 20.9. The van der Waals surface area contributed by atoms with Gasteiger partial charge >= 0.3 is 0 Å². The van der Waals surface area contributed by atoms with Gasteiger partial charge in [0.25, 0.3) is 0 Å². The molecule has 0 aliphatic carbocycles. The highest BCUT2D eigenvalue weighted by Gasteiger charge is 2.32. The number of carbonyl (C=O) groups is 1. The summed E-state index contributed by atoms with van der Waals surface area (Å²) in [5.74, 6) is 0.547. The van der Waals surface area contributed by atoms with Crippen molar-refractivity contribution in [3.05, 3.63) is 107 Å². The molecule has 0 unspecified atom stereocenters. The number of hydrogen-bond donors (Lipinski definition) is 0. The predicted octanol–water partition coefficient (Wildman–Crippen LogP) is 5.14. The first-order chi connectivity index (χ1) is 17.2. The zero-order valence-corrected chi connectivity index (χ0v) is 20.9. The Hall–Kier alpha value is -2.95. The van der Waals surface area contributed by atoms with Crippen LogP contribution in [-0.2, 0) is 11.3 Å². The Morgan fingerprint density at radius 2 is 1.29 bits per heavy atom. The van der Waals surface area contributed by atoms with Crippen molar-refractivity contribution in [2.24, 2.45) is 5.92 Å². The second-order valence-electron chi connectivity index (χ2n) is 10.1. The quantitative estimate of drug-likeness (QED) is 0.502. The van der Waals surface area contributed by atoms with Gasteiger partial charge < -0.3 is 4.90 Å². The van der Waals surface area contributed by atoms with Crippen LogP contribution in [0.1, 0.15) is 41.1 Å². The molecule has 0 spiro atoms. The number of benzene rings is 3. The Morgan fingerprint density at radius 3 is 1.83 bits per heavy atom. The summed E-state index contributed by atoms with van der Waals surface area (Å²) in [5.41, 5.74) is 5.30. The molecular weight excluding hydrogens is 430 g/mol. The van der Waals surface area contributed by atoms with Crippen LogP contribution >= 0.6 is 0 Å². The van der Waals surface area contributed by atoms with Gasteiger partial charge in [0.05, 0.1) is 6.04 Å². The fraction of sp³-hybridized carbons (Fsp3) is 0.387. The van der Waals surface area contributed by atoms with Gasteiger partial charge in [0.2, 0.25) is 5.91 Å². The molecule has 2 aliphatic rings. The summed E-state index contributed by atoms with van der Waals surface area (Å²) in [6, 6.07) is 30.6. The molecule has 0 bridgehead atoms. The monoisotopic (exact) mass is 467 g/mol. The van der Waals surface area contributed by atoms with Crippen molar-refractivity contribution in [3.63, 3.8) is 0 Å². The molecule has 2 saturated heterocycles. The highest BCUT2D eigenvalue weighted by Crippen LogP contribution is 2.30. The molecule has 0 N–H and O–H groups in total. The minimum Gasteiger partial charge on any atom is -0.340 e. The molecule has 0 atom stereocenters. The van der Waals surface area contributed by atoms with Gasteiger partial charge in [-0.2, -0.15) is 0 Å². The number of nitrogens with zero attached hydrogens (tertiary/aromatic N) is 3. The van der Waals surface area contributed by atoms with Crippen LogP contribution in [0.2, 0.25) is 0 Å². The van der Waals surface area contributed by atoms with Crippen molar-refractivity contribution in [2.45, 2.75) is 32.4 Å². The van der Waals surface area contributed by atoms with Crippen LogP contribution < -0.4 is 0 Å². The lowest BCUT2D eigenvalue weighted by Crippen LogP contribution is -2.52. The first-order valence-electron chi connectivity index (χ1n) is 13.1. The van der Waals surface area contributed by atoms with E-state index in [1.165, 1.54) is 22.3 Å². The summed E-state index contributed by atoms with van der Waals surface area (Å²) >= 11 is 0. The lowest BCUT2D eigenvalue weighted by molar-refractivity contribution is -0.139. The van der Waals surface area contributed by atoms with E-state index in [2.05, 4.69) is 107 Å². The highest BCUT2D eigenvalue weighted by molar-refractivity contribution is 5.79. The zero-order chi connectivity index (χ0) is 24.0. The van der Waals surface area contributed by atoms with Crippen LogP contribution in [0.25, 0.3) is 0 Å². The standard InChI is InChI=1S/C31H37N3O/c1-25-12-14-26(15-13-25)24-32-18-16-29(17-19-32)31(35)34-22-20-33(21-23-34)30(27-8-4-2-5-9-27)28-10-6-3-7-11-28/h2-15,29-30H,16-24H2,1H3. The second-order valence-corrected chi connectivity index (χ2v) is 10.1. The number of likely N-dealkylation sites (tertiary alicyclic amines) is 1. The summed E-state index contributed by atoms with van der Waals surface area (Å²) in [7, 11) is 0. The fourth-order valence-corrected chi connectivity index (χ4v) is 5.63. The van der Waals surface area contributed by atoms with Crippen molar-refractivity contribution in [1.82, 2.24) is 14.7 Å². The van der Waals surface area contributed by atoms with Crippen LogP contribution in [0.15, 0.2) is 84.9 Å². The SMILES string of the molecule is Cc1ccc(CN2CCC(C(=O)N3CCN(C(c4ccccc4)c4ccccc4)CC3)CC2)cc1. The molecular formula is C31H37N3O. The Balaban J connectivity index is 1.16. The van der Waals surface area contributed by atoms with Gasteiger partial charge in [-0.15, -0.1) is 0 Å². The lowest BCUT2D eigenvalue weighted by Gasteiger charge is -2.41. The van der Waals surface area contributed by atoms with E-state index < -0.39 is 0 Å². The molecule has 3 aromatic carbocycles. The number of hydrogen-bond acceptors (Lipinski definition) is 3. The smallest absolute Gasteiger partial charge is 0.225 e. The maximum absolute atomic E-state index is 13.4. The molecule has 0 saturated carbocycles. The second kappa shape index (κ2) is 11.2. The molecule has 2 fully saturated rings. The molecule has 2 heterocycles. The molecule has 35 heavy (non-hydrogen) atoms. The average molecular weight is 468 g/mol. The third-order valence-electron chi connectivity index (χ3n) is 7.69. The first-order valence-corrected chi connectivity index (χ1v) is 13.1. The maximum Gasteiger partial charge on any atom is 0.225 e. The Morgan fingerprint density at radius 1 is 0.743 bits per heavy atom. The normalized spacial score (nSPS) is 18.2. The van der Waals surface area contributed by atoms with Crippen LogP contribution in [0.4, 0.5) is 0 Å². The summed E-state index contributed by atoms with van der Waals surface area (Å²) in [5, 5.41) is 0. The van der Waals surface area contributed by atoms with E-state index in [0.29, 0.717) is 5.91 Å². The average Bonchev–Trinajstić information content (AvgIpc) is 2.92. The van der Waals surface area contributed by atoms with Gasteiger partial charge in [-0.05, 0) is 49.5 Å². The predicted molar refractivity (Wildman–Crippen MR) is 142 cm³/mol. The first kappa shape index (κ1) is 23.8. The summed E-state index contributed by atoms with van der Waals surface area (Å²) in [6.45, 7) is 8.59. The topological polar surface area (TPSA) is 26.8 Å². The number of carbonyl (C=O) groups excluding carboxylic acids is 1. The molecule has 182 valence electrons. The van der Waals surface area contributed by atoms with E-state index >= 15 is 0 Å². The third-order valence-corrected chi connectivity index (χ3v) is 7.69. The van der Waals surface area contributed by atoms with Crippen LogP contribution in [0.5, 0.6) is 0 Å². The molecule has 5 rings (SSSR count). The summed E-state index contributed by atoms with van der Waals surface area (Å²) < 4.78 is 0. The highest BCUT2D eigenvalue weighted by atomic mass is 16.2. The van der Waals surface area contributed by atoms with Gasteiger partial charge in [-0.3, -0.25) is 14.6 Å². The largest absolute Gasteiger partial charge is 0.340 e. The van der Waals surface area contributed by atoms with Gasteiger partial charge in [0.15, 0.2) is 0 Å². The Labute approximate surface area is 210 Å². The number of amides is 1. The van der Waals surface area contributed by atoms with Gasteiger partial charge in [-0.1, -0.05) is 90.5 Å². The minimum absolute atomic E-state index is 0.176. The molecule has 0 aromatic heterocycles.